The first kappa shape index (κ1) is 17.0. The van der Waals surface area contributed by atoms with Crippen LogP contribution in [0.5, 0.6) is 5.75 Å². The number of aliphatic hydroxyl groups excluding tert-OH is 1. The van der Waals surface area contributed by atoms with E-state index in [2.05, 4.69) is 11.0 Å². The predicted molar refractivity (Wildman–Crippen MR) is 93.2 cm³/mol. The largest absolute Gasteiger partial charge is 0.496 e. The number of ether oxygens (including phenoxy) is 1. The summed E-state index contributed by atoms with van der Waals surface area (Å²) in [6, 6.07) is 4.09. The second-order valence-electron chi connectivity index (χ2n) is 6.67. The molecule has 1 aliphatic heterocycles. The van der Waals surface area contributed by atoms with Crippen molar-refractivity contribution in [2.24, 2.45) is 0 Å². The Hall–Kier alpha value is -1.85. The van der Waals surface area contributed by atoms with E-state index in [4.69, 9.17) is 14.1 Å². The van der Waals surface area contributed by atoms with Gasteiger partial charge >= 0.3 is 0 Å². The zero-order valence-electron chi connectivity index (χ0n) is 14.9. The van der Waals surface area contributed by atoms with Crippen LogP contribution in [0.25, 0.3) is 11.5 Å². The number of rotatable bonds is 4. The highest BCUT2D eigenvalue weighted by Gasteiger charge is 2.21. The SMILES string of the molecule is COc1cc(C)c(-c2nc(CN3CCC(O)CC3)c(C)o2)cc1C. The van der Waals surface area contributed by atoms with E-state index in [1.54, 1.807) is 7.11 Å². The highest BCUT2D eigenvalue weighted by Crippen LogP contribution is 2.31. The quantitative estimate of drug-likeness (QED) is 0.932. The minimum absolute atomic E-state index is 0.153. The lowest BCUT2D eigenvalue weighted by molar-refractivity contribution is 0.0785. The van der Waals surface area contributed by atoms with Crippen LogP contribution in [-0.4, -0.2) is 41.3 Å². The third-order valence-electron chi connectivity index (χ3n) is 4.80. The Balaban J connectivity index is 1.82. The Morgan fingerprint density at radius 3 is 2.58 bits per heavy atom. The first-order valence-corrected chi connectivity index (χ1v) is 8.50. The fraction of sp³-hybridized carbons (Fsp3) is 0.526. The second-order valence-corrected chi connectivity index (χ2v) is 6.67. The van der Waals surface area contributed by atoms with Crippen molar-refractivity contribution in [2.45, 2.75) is 46.3 Å². The Morgan fingerprint density at radius 2 is 1.92 bits per heavy atom. The van der Waals surface area contributed by atoms with Crippen molar-refractivity contribution in [3.63, 3.8) is 0 Å². The van der Waals surface area contributed by atoms with Gasteiger partial charge in [0.1, 0.15) is 11.5 Å². The van der Waals surface area contributed by atoms with Gasteiger partial charge in [-0.3, -0.25) is 4.90 Å². The number of aryl methyl sites for hydroxylation is 3. The van der Waals surface area contributed by atoms with Gasteiger partial charge in [-0.15, -0.1) is 0 Å². The van der Waals surface area contributed by atoms with Gasteiger partial charge in [0.25, 0.3) is 0 Å². The van der Waals surface area contributed by atoms with Crippen LogP contribution in [0.15, 0.2) is 16.5 Å². The molecular weight excluding hydrogens is 304 g/mol. The Bertz CT molecular complexity index is 716. The molecule has 0 bridgehead atoms. The smallest absolute Gasteiger partial charge is 0.226 e. The molecule has 2 aromatic rings. The Labute approximate surface area is 143 Å². The number of hydrogen-bond acceptors (Lipinski definition) is 5. The molecule has 1 fully saturated rings. The lowest BCUT2D eigenvalue weighted by Gasteiger charge is -2.28. The van der Waals surface area contributed by atoms with Gasteiger partial charge in [-0.25, -0.2) is 4.98 Å². The van der Waals surface area contributed by atoms with Crippen LogP contribution in [-0.2, 0) is 6.54 Å². The summed E-state index contributed by atoms with van der Waals surface area (Å²) in [4.78, 5) is 7.07. The monoisotopic (exact) mass is 330 g/mol. The number of benzene rings is 1. The molecule has 5 heteroatoms. The number of methoxy groups -OCH3 is 1. The van der Waals surface area contributed by atoms with Gasteiger partial charge in [-0.05, 0) is 56.9 Å². The van der Waals surface area contributed by atoms with E-state index in [9.17, 15) is 5.11 Å². The summed E-state index contributed by atoms with van der Waals surface area (Å²) >= 11 is 0. The van der Waals surface area contributed by atoms with Crippen LogP contribution in [0.2, 0.25) is 0 Å². The van der Waals surface area contributed by atoms with E-state index < -0.39 is 0 Å². The van der Waals surface area contributed by atoms with Gasteiger partial charge in [0.15, 0.2) is 0 Å². The van der Waals surface area contributed by atoms with Crippen LogP contribution in [0, 0.1) is 20.8 Å². The van der Waals surface area contributed by atoms with Gasteiger partial charge in [0, 0.05) is 25.2 Å². The molecule has 0 atom stereocenters. The lowest BCUT2D eigenvalue weighted by Crippen LogP contribution is -2.35. The summed E-state index contributed by atoms with van der Waals surface area (Å²) in [7, 11) is 1.68. The van der Waals surface area contributed by atoms with Gasteiger partial charge in [0.05, 0.1) is 18.9 Å². The number of hydrogen-bond donors (Lipinski definition) is 1. The maximum atomic E-state index is 9.63. The molecule has 1 aromatic heterocycles. The molecule has 0 saturated carbocycles. The first-order valence-electron chi connectivity index (χ1n) is 8.50. The highest BCUT2D eigenvalue weighted by molar-refractivity contribution is 5.62. The molecular formula is C19H26N2O3. The van der Waals surface area contributed by atoms with Crippen molar-refractivity contribution in [3.05, 3.63) is 34.7 Å². The predicted octanol–water partition coefficient (Wildman–Crippen LogP) is 3.23. The summed E-state index contributed by atoms with van der Waals surface area (Å²) in [6.07, 6.45) is 1.52. The van der Waals surface area contributed by atoms with E-state index in [-0.39, 0.29) is 6.10 Å². The molecule has 0 unspecified atom stereocenters. The Kier molecular flexibility index (Phi) is 4.92. The summed E-state index contributed by atoms with van der Waals surface area (Å²) in [5.74, 6) is 2.42. The van der Waals surface area contributed by atoms with E-state index >= 15 is 0 Å². The normalized spacial score (nSPS) is 16.5. The number of piperidine rings is 1. The number of likely N-dealkylation sites (tertiary alicyclic amines) is 1. The van der Waals surface area contributed by atoms with Crippen molar-refractivity contribution < 1.29 is 14.3 Å². The van der Waals surface area contributed by atoms with Gasteiger partial charge in [-0.2, -0.15) is 0 Å². The molecule has 130 valence electrons. The fourth-order valence-electron chi connectivity index (χ4n) is 3.22. The molecule has 0 radical (unpaired) electrons. The molecule has 1 aliphatic rings. The molecule has 1 N–H and O–H groups in total. The van der Waals surface area contributed by atoms with Crippen LogP contribution < -0.4 is 4.74 Å². The van der Waals surface area contributed by atoms with Crippen molar-refractivity contribution in [3.8, 4) is 17.2 Å². The zero-order chi connectivity index (χ0) is 17.3. The van der Waals surface area contributed by atoms with Crippen LogP contribution >= 0.6 is 0 Å². The Morgan fingerprint density at radius 1 is 1.21 bits per heavy atom. The lowest BCUT2D eigenvalue weighted by atomic mass is 10.0. The van der Waals surface area contributed by atoms with Crippen LogP contribution in [0.3, 0.4) is 0 Å². The number of nitrogens with zero attached hydrogens (tertiary/aromatic N) is 2. The summed E-state index contributed by atoms with van der Waals surface area (Å²) in [5, 5.41) is 9.63. The molecule has 24 heavy (non-hydrogen) atoms. The van der Waals surface area contributed by atoms with Gasteiger partial charge < -0.3 is 14.3 Å². The third kappa shape index (κ3) is 3.47. The van der Waals surface area contributed by atoms with Crippen molar-refractivity contribution >= 4 is 0 Å². The third-order valence-corrected chi connectivity index (χ3v) is 4.80. The molecule has 1 aromatic carbocycles. The average molecular weight is 330 g/mol. The number of oxazole rings is 1. The maximum absolute atomic E-state index is 9.63. The number of aromatic nitrogens is 1. The fourth-order valence-corrected chi connectivity index (χ4v) is 3.22. The summed E-state index contributed by atoms with van der Waals surface area (Å²) in [5.41, 5.74) is 4.15. The van der Waals surface area contributed by atoms with E-state index in [1.165, 1.54) is 0 Å². The van der Waals surface area contributed by atoms with Gasteiger partial charge in [0.2, 0.25) is 5.89 Å². The molecule has 3 rings (SSSR count). The van der Waals surface area contributed by atoms with E-state index in [0.717, 1.165) is 66.4 Å². The summed E-state index contributed by atoms with van der Waals surface area (Å²) < 4.78 is 11.3. The molecule has 0 amide bonds. The summed E-state index contributed by atoms with van der Waals surface area (Å²) in [6.45, 7) is 8.62. The first-order chi connectivity index (χ1) is 11.5. The molecule has 0 spiro atoms. The second kappa shape index (κ2) is 6.95. The van der Waals surface area contributed by atoms with Crippen LogP contribution in [0.4, 0.5) is 0 Å². The minimum Gasteiger partial charge on any atom is -0.496 e. The van der Waals surface area contributed by atoms with E-state index in [0.29, 0.717) is 5.89 Å². The van der Waals surface area contributed by atoms with Crippen LogP contribution in [0.1, 0.15) is 35.4 Å². The molecule has 1 saturated heterocycles. The van der Waals surface area contributed by atoms with Crippen molar-refractivity contribution in [2.75, 3.05) is 20.2 Å². The van der Waals surface area contributed by atoms with E-state index in [1.807, 2.05) is 26.8 Å². The topological polar surface area (TPSA) is 58.7 Å². The van der Waals surface area contributed by atoms with Gasteiger partial charge in [-0.1, -0.05) is 0 Å². The average Bonchev–Trinajstić information content (AvgIpc) is 2.92. The standard InChI is InChI=1S/C19H26N2O3/c1-12-10-18(23-4)13(2)9-16(12)19-20-17(14(3)24-19)11-21-7-5-15(22)6-8-21/h9-10,15,22H,5-8,11H2,1-4H3. The van der Waals surface area contributed by atoms with Crippen molar-refractivity contribution in [1.82, 2.24) is 9.88 Å². The molecule has 2 heterocycles. The molecule has 5 nitrogen and oxygen atoms in total. The molecule has 0 aliphatic carbocycles. The highest BCUT2D eigenvalue weighted by atomic mass is 16.5. The maximum Gasteiger partial charge on any atom is 0.226 e. The van der Waals surface area contributed by atoms with Crippen molar-refractivity contribution in [1.29, 1.82) is 0 Å². The number of aliphatic hydroxyl groups is 1. The minimum atomic E-state index is -0.153. The zero-order valence-corrected chi connectivity index (χ0v) is 14.9.